The van der Waals surface area contributed by atoms with Gasteiger partial charge in [-0.1, -0.05) is 12.1 Å². The lowest BCUT2D eigenvalue weighted by atomic mass is 9.90. The van der Waals surface area contributed by atoms with Crippen LogP contribution in [0.3, 0.4) is 0 Å². The first-order chi connectivity index (χ1) is 10.3. The third-order valence-electron chi connectivity index (χ3n) is 3.29. The number of para-hydroxylation sites is 1. The van der Waals surface area contributed by atoms with Gasteiger partial charge in [-0.15, -0.1) is 0 Å². The molecule has 0 aliphatic rings. The molecule has 0 bridgehead atoms. The molecule has 0 unspecified atom stereocenters. The fourth-order valence-electron chi connectivity index (χ4n) is 1.69. The van der Waals surface area contributed by atoms with Gasteiger partial charge in [-0.25, -0.2) is 4.39 Å². The second-order valence-corrected chi connectivity index (χ2v) is 5.67. The molecule has 1 amide bonds. The fourth-order valence-corrected chi connectivity index (χ4v) is 1.69. The largest absolute Gasteiger partial charge is 0.491 e. The van der Waals surface area contributed by atoms with E-state index in [9.17, 15) is 14.0 Å². The number of benzene rings is 1. The van der Waals surface area contributed by atoms with E-state index in [1.54, 1.807) is 26.0 Å². The van der Waals surface area contributed by atoms with Crippen LogP contribution >= 0.6 is 0 Å². The van der Waals surface area contributed by atoms with E-state index in [-0.39, 0.29) is 24.7 Å². The first kappa shape index (κ1) is 17.9. The Balaban J connectivity index is 2.16. The molecule has 0 saturated heterocycles. The Labute approximate surface area is 129 Å². The van der Waals surface area contributed by atoms with Gasteiger partial charge in [-0.2, -0.15) is 0 Å². The van der Waals surface area contributed by atoms with Crippen molar-refractivity contribution in [3.63, 3.8) is 0 Å². The maximum Gasteiger partial charge on any atom is 0.309 e. The molecule has 122 valence electrons. The molecule has 6 heteroatoms. The van der Waals surface area contributed by atoms with Crippen LogP contribution in [-0.4, -0.2) is 30.1 Å². The first-order valence-corrected chi connectivity index (χ1v) is 7.20. The highest BCUT2D eigenvalue weighted by Gasteiger charge is 2.26. The molecule has 0 atom stereocenters. The van der Waals surface area contributed by atoms with E-state index in [1.165, 1.54) is 12.1 Å². The van der Waals surface area contributed by atoms with Gasteiger partial charge in [0.25, 0.3) is 0 Å². The summed E-state index contributed by atoms with van der Waals surface area (Å²) in [6.45, 7) is 3.79. The van der Waals surface area contributed by atoms with Gasteiger partial charge in [-0.3, -0.25) is 9.59 Å². The number of halogens is 1. The van der Waals surface area contributed by atoms with Crippen molar-refractivity contribution in [2.24, 2.45) is 5.41 Å². The van der Waals surface area contributed by atoms with Crippen LogP contribution in [0.5, 0.6) is 5.75 Å². The topological polar surface area (TPSA) is 75.6 Å². The highest BCUT2D eigenvalue weighted by molar-refractivity contribution is 5.76. The van der Waals surface area contributed by atoms with E-state index < -0.39 is 17.2 Å². The van der Waals surface area contributed by atoms with Crippen molar-refractivity contribution in [1.82, 2.24) is 5.32 Å². The molecule has 0 saturated carbocycles. The van der Waals surface area contributed by atoms with E-state index >= 15 is 0 Å². The summed E-state index contributed by atoms with van der Waals surface area (Å²) in [6.07, 6.45) is 1.07. The van der Waals surface area contributed by atoms with Crippen molar-refractivity contribution in [3.05, 3.63) is 30.1 Å². The smallest absolute Gasteiger partial charge is 0.309 e. The zero-order valence-electron chi connectivity index (χ0n) is 12.9. The van der Waals surface area contributed by atoms with Crippen LogP contribution < -0.4 is 10.1 Å². The lowest BCUT2D eigenvalue weighted by Crippen LogP contribution is -2.31. The van der Waals surface area contributed by atoms with Gasteiger partial charge in [-0.05, 0) is 38.8 Å². The Morgan fingerprint density at radius 3 is 2.64 bits per heavy atom. The van der Waals surface area contributed by atoms with Crippen LogP contribution in [0.1, 0.15) is 33.1 Å². The average Bonchev–Trinajstić information content (AvgIpc) is 2.45. The Morgan fingerprint density at radius 1 is 1.32 bits per heavy atom. The van der Waals surface area contributed by atoms with Crippen molar-refractivity contribution >= 4 is 11.9 Å². The summed E-state index contributed by atoms with van der Waals surface area (Å²) in [5, 5.41) is 11.6. The van der Waals surface area contributed by atoms with Gasteiger partial charge in [0.2, 0.25) is 5.91 Å². The lowest BCUT2D eigenvalue weighted by molar-refractivity contribution is -0.147. The molecule has 2 N–H and O–H groups in total. The predicted molar refractivity (Wildman–Crippen MR) is 80.2 cm³/mol. The number of carbonyl (C=O) groups excluding carboxylic acids is 1. The third kappa shape index (κ3) is 6.11. The Bertz CT molecular complexity index is 517. The van der Waals surface area contributed by atoms with E-state index in [0.29, 0.717) is 19.4 Å². The number of carbonyl (C=O) groups is 2. The van der Waals surface area contributed by atoms with E-state index in [1.807, 2.05) is 0 Å². The van der Waals surface area contributed by atoms with Gasteiger partial charge in [0, 0.05) is 13.0 Å². The van der Waals surface area contributed by atoms with E-state index in [4.69, 9.17) is 9.84 Å². The van der Waals surface area contributed by atoms with Crippen molar-refractivity contribution in [2.45, 2.75) is 33.1 Å². The monoisotopic (exact) mass is 311 g/mol. The molecule has 1 aromatic carbocycles. The normalized spacial score (nSPS) is 11.0. The Morgan fingerprint density at radius 2 is 2.00 bits per heavy atom. The minimum atomic E-state index is -0.889. The molecule has 0 radical (unpaired) electrons. The standard InChI is InChI=1S/C16H22FNO4/c1-16(2,15(20)21)9-10-18-14(19)8-5-11-22-13-7-4-3-6-12(13)17/h3-4,6-7H,5,8-11H2,1-2H3,(H,18,19)(H,20,21). The highest BCUT2D eigenvalue weighted by atomic mass is 19.1. The van der Waals surface area contributed by atoms with Crippen molar-refractivity contribution in [2.75, 3.05) is 13.2 Å². The van der Waals surface area contributed by atoms with Crippen LogP contribution in [0.15, 0.2) is 24.3 Å². The van der Waals surface area contributed by atoms with Crippen LogP contribution in [0.4, 0.5) is 4.39 Å². The highest BCUT2D eigenvalue weighted by Crippen LogP contribution is 2.19. The third-order valence-corrected chi connectivity index (χ3v) is 3.29. The number of nitrogens with one attached hydrogen (secondary N) is 1. The lowest BCUT2D eigenvalue weighted by Gasteiger charge is -2.18. The molecule has 0 aromatic heterocycles. The molecule has 22 heavy (non-hydrogen) atoms. The number of hydrogen-bond donors (Lipinski definition) is 2. The molecule has 0 aliphatic carbocycles. The summed E-state index contributed by atoms with van der Waals surface area (Å²) < 4.78 is 18.5. The zero-order valence-corrected chi connectivity index (χ0v) is 12.9. The van der Waals surface area contributed by atoms with Crippen LogP contribution in [0.25, 0.3) is 0 Å². The molecule has 0 aliphatic heterocycles. The summed E-state index contributed by atoms with van der Waals surface area (Å²) in [5.74, 6) is -1.31. The minimum absolute atomic E-state index is 0.168. The number of rotatable bonds is 9. The van der Waals surface area contributed by atoms with Gasteiger partial charge < -0.3 is 15.2 Å². The molecule has 5 nitrogen and oxygen atoms in total. The van der Waals surface area contributed by atoms with Gasteiger partial charge >= 0.3 is 5.97 Å². The second-order valence-electron chi connectivity index (χ2n) is 5.67. The number of carboxylic acids is 1. The van der Waals surface area contributed by atoms with Crippen LogP contribution in [0.2, 0.25) is 0 Å². The maximum atomic E-state index is 13.3. The van der Waals surface area contributed by atoms with E-state index in [2.05, 4.69) is 5.32 Å². The van der Waals surface area contributed by atoms with Crippen LogP contribution in [0, 0.1) is 11.2 Å². The molecule has 0 spiro atoms. The molecule has 1 aromatic rings. The number of ether oxygens (including phenoxy) is 1. The van der Waals surface area contributed by atoms with E-state index in [0.717, 1.165) is 0 Å². The molecular formula is C16H22FNO4. The Kier molecular flexibility index (Phi) is 6.82. The fraction of sp³-hybridized carbons (Fsp3) is 0.500. The van der Waals surface area contributed by atoms with Gasteiger partial charge in [0.05, 0.1) is 12.0 Å². The van der Waals surface area contributed by atoms with Crippen LogP contribution in [-0.2, 0) is 9.59 Å². The van der Waals surface area contributed by atoms with Gasteiger partial charge in [0.1, 0.15) is 0 Å². The molecular weight excluding hydrogens is 289 g/mol. The SMILES string of the molecule is CC(C)(CCNC(=O)CCCOc1ccccc1F)C(=O)O. The van der Waals surface area contributed by atoms with Crippen molar-refractivity contribution < 1.29 is 23.8 Å². The number of aliphatic carboxylic acids is 1. The second kappa shape index (κ2) is 8.36. The average molecular weight is 311 g/mol. The van der Waals surface area contributed by atoms with Gasteiger partial charge in [0.15, 0.2) is 11.6 Å². The molecule has 1 rings (SSSR count). The summed E-state index contributed by atoms with van der Waals surface area (Å²) >= 11 is 0. The predicted octanol–water partition coefficient (Wildman–Crippen LogP) is 2.60. The summed E-state index contributed by atoms with van der Waals surface area (Å²) in [5.41, 5.74) is -0.860. The molecule has 0 heterocycles. The zero-order chi connectivity index (χ0) is 16.6. The quantitative estimate of drug-likeness (QED) is 0.687. The number of amides is 1. The summed E-state index contributed by atoms with van der Waals surface area (Å²) in [6, 6.07) is 6.10. The van der Waals surface area contributed by atoms with Crippen molar-refractivity contribution in [3.8, 4) is 5.75 Å². The van der Waals surface area contributed by atoms with Crippen molar-refractivity contribution in [1.29, 1.82) is 0 Å². The molecule has 0 fully saturated rings. The minimum Gasteiger partial charge on any atom is -0.491 e. The Hall–Kier alpha value is -2.11. The summed E-state index contributed by atoms with van der Waals surface area (Å²) in [4.78, 5) is 22.5. The number of carboxylic acid groups (broad SMARTS) is 1. The first-order valence-electron chi connectivity index (χ1n) is 7.20. The number of hydrogen-bond acceptors (Lipinski definition) is 3. The maximum absolute atomic E-state index is 13.3. The summed E-state index contributed by atoms with van der Waals surface area (Å²) in [7, 11) is 0.